The van der Waals surface area contributed by atoms with Gasteiger partial charge in [-0.15, -0.1) is 0 Å². The van der Waals surface area contributed by atoms with Crippen molar-refractivity contribution < 1.29 is 9.59 Å². The number of hydrogen-bond donors (Lipinski definition) is 1. The minimum Gasteiger partial charge on any atom is -0.328 e. The second-order valence-corrected chi connectivity index (χ2v) is 6.74. The van der Waals surface area contributed by atoms with Crippen LogP contribution in [0.5, 0.6) is 0 Å². The molecule has 0 spiro atoms. The van der Waals surface area contributed by atoms with E-state index in [-0.39, 0.29) is 6.04 Å². The average Bonchev–Trinajstić information content (AvgIpc) is 2.60. The molecule has 2 amide bonds. The summed E-state index contributed by atoms with van der Waals surface area (Å²) < 4.78 is 0. The Labute approximate surface area is 149 Å². The van der Waals surface area contributed by atoms with E-state index in [2.05, 4.69) is 19.2 Å². The zero-order valence-corrected chi connectivity index (χ0v) is 15.3. The van der Waals surface area contributed by atoms with Gasteiger partial charge in [0.15, 0.2) is 0 Å². The van der Waals surface area contributed by atoms with Crippen LogP contribution in [-0.4, -0.2) is 22.8 Å². The number of benzene rings is 2. The zero-order chi connectivity index (χ0) is 18.4. The zero-order valence-electron chi connectivity index (χ0n) is 15.3. The van der Waals surface area contributed by atoms with Gasteiger partial charge in [0.05, 0.1) is 0 Å². The van der Waals surface area contributed by atoms with E-state index in [4.69, 9.17) is 0 Å². The van der Waals surface area contributed by atoms with Crippen molar-refractivity contribution in [1.29, 1.82) is 0 Å². The van der Waals surface area contributed by atoms with Gasteiger partial charge in [0.2, 0.25) is 0 Å². The number of rotatable bonds is 5. The highest BCUT2D eigenvalue weighted by atomic mass is 16.2. The van der Waals surface area contributed by atoms with Crippen LogP contribution in [-0.2, 0) is 16.1 Å². The van der Waals surface area contributed by atoms with Gasteiger partial charge in [-0.05, 0) is 43.0 Å². The second kappa shape index (κ2) is 8.47. The third-order valence-electron chi connectivity index (χ3n) is 4.11. The number of anilines is 1. The SMILES string of the molecule is CC(C)c1ccc(NC(=O)C(=O)N(Cc2ccccc2)C(C)C)cc1. The highest BCUT2D eigenvalue weighted by molar-refractivity contribution is 6.39. The number of carbonyl (C=O) groups is 2. The Balaban J connectivity index is 2.06. The van der Waals surface area contributed by atoms with Crippen molar-refractivity contribution in [3.8, 4) is 0 Å². The van der Waals surface area contributed by atoms with Crippen molar-refractivity contribution in [3.63, 3.8) is 0 Å². The van der Waals surface area contributed by atoms with Gasteiger partial charge in [-0.2, -0.15) is 0 Å². The van der Waals surface area contributed by atoms with E-state index in [1.807, 2.05) is 68.4 Å². The number of carbonyl (C=O) groups excluding carboxylic acids is 2. The number of amides is 2. The Bertz CT molecular complexity index is 706. The highest BCUT2D eigenvalue weighted by Gasteiger charge is 2.24. The predicted molar refractivity (Wildman–Crippen MR) is 101 cm³/mol. The van der Waals surface area contributed by atoms with Crippen LogP contribution in [0.25, 0.3) is 0 Å². The molecule has 0 heterocycles. The molecule has 0 aromatic heterocycles. The van der Waals surface area contributed by atoms with Gasteiger partial charge >= 0.3 is 11.8 Å². The summed E-state index contributed by atoms with van der Waals surface area (Å²) in [6.07, 6.45) is 0. The molecule has 4 nitrogen and oxygen atoms in total. The average molecular weight is 338 g/mol. The van der Waals surface area contributed by atoms with E-state index < -0.39 is 11.8 Å². The van der Waals surface area contributed by atoms with Gasteiger partial charge in [0.25, 0.3) is 0 Å². The molecule has 0 saturated heterocycles. The molecule has 0 bridgehead atoms. The molecule has 0 unspecified atom stereocenters. The van der Waals surface area contributed by atoms with E-state index in [0.29, 0.717) is 18.2 Å². The number of nitrogens with zero attached hydrogens (tertiary/aromatic N) is 1. The third-order valence-corrected chi connectivity index (χ3v) is 4.11. The van der Waals surface area contributed by atoms with Gasteiger partial charge in [-0.1, -0.05) is 56.3 Å². The van der Waals surface area contributed by atoms with Gasteiger partial charge in [-0.25, -0.2) is 0 Å². The molecule has 2 rings (SSSR count). The molecule has 0 fully saturated rings. The summed E-state index contributed by atoms with van der Waals surface area (Å²) >= 11 is 0. The van der Waals surface area contributed by atoms with Crippen LogP contribution >= 0.6 is 0 Å². The third kappa shape index (κ3) is 5.18. The Morgan fingerprint density at radius 1 is 0.920 bits per heavy atom. The molecular weight excluding hydrogens is 312 g/mol. The molecule has 0 aliphatic carbocycles. The normalized spacial score (nSPS) is 10.8. The molecule has 2 aromatic carbocycles. The van der Waals surface area contributed by atoms with E-state index in [1.165, 1.54) is 5.56 Å². The van der Waals surface area contributed by atoms with E-state index in [0.717, 1.165) is 5.56 Å². The summed E-state index contributed by atoms with van der Waals surface area (Å²) in [5.74, 6) is -0.706. The first-order valence-electron chi connectivity index (χ1n) is 8.64. The molecule has 25 heavy (non-hydrogen) atoms. The van der Waals surface area contributed by atoms with Crippen molar-refractivity contribution in [2.75, 3.05) is 5.32 Å². The van der Waals surface area contributed by atoms with Crippen LogP contribution in [0.1, 0.15) is 44.7 Å². The van der Waals surface area contributed by atoms with Crippen molar-refractivity contribution >= 4 is 17.5 Å². The monoisotopic (exact) mass is 338 g/mol. The summed E-state index contributed by atoms with van der Waals surface area (Å²) in [7, 11) is 0. The predicted octanol–water partition coefficient (Wildman–Crippen LogP) is 4.19. The quantitative estimate of drug-likeness (QED) is 0.831. The first-order chi connectivity index (χ1) is 11.9. The van der Waals surface area contributed by atoms with Crippen molar-refractivity contribution in [3.05, 3.63) is 65.7 Å². The molecule has 132 valence electrons. The Kier molecular flexibility index (Phi) is 6.34. The van der Waals surface area contributed by atoms with Crippen LogP contribution in [0.4, 0.5) is 5.69 Å². The molecule has 4 heteroatoms. The fourth-order valence-electron chi connectivity index (χ4n) is 2.54. The smallest absolute Gasteiger partial charge is 0.313 e. The molecule has 0 radical (unpaired) electrons. The fraction of sp³-hybridized carbons (Fsp3) is 0.333. The van der Waals surface area contributed by atoms with Gasteiger partial charge in [-0.3, -0.25) is 9.59 Å². The lowest BCUT2D eigenvalue weighted by atomic mass is 10.0. The Morgan fingerprint density at radius 2 is 1.52 bits per heavy atom. The van der Waals surface area contributed by atoms with Crippen molar-refractivity contribution in [2.45, 2.75) is 46.2 Å². The van der Waals surface area contributed by atoms with Crippen LogP contribution in [0.15, 0.2) is 54.6 Å². The Morgan fingerprint density at radius 3 is 2.04 bits per heavy atom. The molecule has 0 atom stereocenters. The van der Waals surface area contributed by atoms with Crippen LogP contribution < -0.4 is 5.32 Å². The number of hydrogen-bond acceptors (Lipinski definition) is 2. The molecule has 2 aromatic rings. The summed E-state index contributed by atoms with van der Waals surface area (Å²) in [4.78, 5) is 26.5. The van der Waals surface area contributed by atoms with E-state index in [1.54, 1.807) is 4.90 Å². The lowest BCUT2D eigenvalue weighted by Crippen LogP contribution is -2.43. The topological polar surface area (TPSA) is 49.4 Å². The summed E-state index contributed by atoms with van der Waals surface area (Å²) in [5.41, 5.74) is 2.82. The first-order valence-corrected chi connectivity index (χ1v) is 8.64. The minimum absolute atomic E-state index is 0.0678. The van der Waals surface area contributed by atoms with Gasteiger partial charge in [0.1, 0.15) is 0 Å². The maximum absolute atomic E-state index is 12.6. The minimum atomic E-state index is -0.609. The summed E-state index contributed by atoms with van der Waals surface area (Å²) in [6.45, 7) is 8.45. The second-order valence-electron chi connectivity index (χ2n) is 6.74. The lowest BCUT2D eigenvalue weighted by molar-refractivity contribution is -0.144. The lowest BCUT2D eigenvalue weighted by Gasteiger charge is -2.26. The number of nitrogens with one attached hydrogen (secondary N) is 1. The van der Waals surface area contributed by atoms with Crippen LogP contribution in [0, 0.1) is 0 Å². The standard InChI is InChI=1S/C21H26N2O2/c1-15(2)18-10-12-19(13-11-18)22-20(24)21(25)23(16(3)4)14-17-8-6-5-7-9-17/h5-13,15-16H,14H2,1-4H3,(H,22,24). The molecule has 0 aliphatic heterocycles. The highest BCUT2D eigenvalue weighted by Crippen LogP contribution is 2.17. The maximum Gasteiger partial charge on any atom is 0.313 e. The summed E-state index contributed by atoms with van der Waals surface area (Å²) in [6, 6.07) is 17.2. The van der Waals surface area contributed by atoms with E-state index >= 15 is 0 Å². The molecular formula is C21H26N2O2. The molecule has 1 N–H and O–H groups in total. The van der Waals surface area contributed by atoms with Crippen molar-refractivity contribution in [1.82, 2.24) is 4.90 Å². The maximum atomic E-state index is 12.6. The van der Waals surface area contributed by atoms with Crippen molar-refractivity contribution in [2.24, 2.45) is 0 Å². The van der Waals surface area contributed by atoms with Crippen LogP contribution in [0.2, 0.25) is 0 Å². The summed E-state index contributed by atoms with van der Waals surface area (Å²) in [5, 5.41) is 2.70. The molecule has 0 saturated carbocycles. The fourth-order valence-corrected chi connectivity index (χ4v) is 2.54. The Hall–Kier alpha value is -2.62. The first kappa shape index (κ1) is 18.7. The largest absolute Gasteiger partial charge is 0.328 e. The van der Waals surface area contributed by atoms with Crippen LogP contribution in [0.3, 0.4) is 0 Å². The van der Waals surface area contributed by atoms with Gasteiger partial charge in [0, 0.05) is 18.3 Å². The van der Waals surface area contributed by atoms with Gasteiger partial charge < -0.3 is 10.2 Å². The van der Waals surface area contributed by atoms with E-state index in [9.17, 15) is 9.59 Å². The molecule has 0 aliphatic rings.